The Kier molecular flexibility index (Phi) is 6.82. The van der Waals surface area contributed by atoms with Gasteiger partial charge in [-0.1, -0.05) is 12.8 Å². The summed E-state index contributed by atoms with van der Waals surface area (Å²) in [6.45, 7) is 2.51. The van der Waals surface area contributed by atoms with Gasteiger partial charge < -0.3 is 30.7 Å². The number of nitrogens with two attached hydrogens (primary N) is 1. The van der Waals surface area contributed by atoms with Crippen molar-refractivity contribution in [3.63, 3.8) is 0 Å². The summed E-state index contributed by atoms with van der Waals surface area (Å²) in [7, 11) is 1.30. The molecule has 0 radical (unpaired) electrons. The van der Waals surface area contributed by atoms with Crippen LogP contribution in [0.3, 0.4) is 0 Å². The Morgan fingerprint density at radius 3 is 2.79 bits per heavy atom. The number of carbonyl (C=O) groups is 2. The van der Waals surface area contributed by atoms with Crippen LogP contribution < -0.4 is 11.1 Å². The molecule has 0 aromatic carbocycles. The van der Waals surface area contributed by atoms with Gasteiger partial charge in [-0.3, -0.25) is 14.3 Å². The van der Waals surface area contributed by atoms with Crippen LogP contribution in [0.4, 0.5) is 10.6 Å². The van der Waals surface area contributed by atoms with Crippen molar-refractivity contribution in [2.45, 2.75) is 56.8 Å². The van der Waals surface area contributed by atoms with E-state index in [1.807, 2.05) is 6.92 Å². The molecule has 34 heavy (non-hydrogen) atoms. The molecule has 0 bridgehead atoms. The maximum Gasteiger partial charge on any atom is 0.410 e. The number of aliphatic hydroxyl groups is 2. The molecule has 2 fully saturated rings. The number of aliphatic hydroxyl groups excluding tert-OH is 2. The molecule has 5 N–H and O–H groups in total. The third-order valence-electron chi connectivity index (χ3n) is 5.54. The number of amides is 2. The quantitative estimate of drug-likeness (QED) is 0.386. The summed E-state index contributed by atoms with van der Waals surface area (Å²) in [4.78, 5) is 38.3. The molecule has 4 atom stereocenters. The average molecular weight is 473 g/mol. The number of ether oxygens (including phenoxy) is 2. The van der Waals surface area contributed by atoms with Crippen molar-refractivity contribution in [1.29, 1.82) is 0 Å². The van der Waals surface area contributed by atoms with Crippen LogP contribution in [-0.2, 0) is 14.3 Å². The molecule has 13 nitrogen and oxygen atoms in total. The van der Waals surface area contributed by atoms with Crippen LogP contribution in [0.15, 0.2) is 6.33 Å². The minimum Gasteiger partial charge on any atom is -0.453 e. The molecule has 3 heterocycles. The maximum absolute atomic E-state index is 12.4. The predicted octanol–water partition coefficient (Wildman–Crippen LogP) is -0.864. The van der Waals surface area contributed by atoms with E-state index in [2.05, 4.69) is 32.1 Å². The van der Waals surface area contributed by atoms with Crippen LogP contribution in [0.25, 0.3) is 11.2 Å². The van der Waals surface area contributed by atoms with Gasteiger partial charge in [-0.2, -0.15) is 0 Å². The standard InChI is InChI=1S/C21H27N7O6/c1-3-8-27(21(32)33-2)9-4-5-12-25-17(22)13-18(26-12)28(10-23-13)20-15(30)14(29)16(34-20)19(31)24-11-6-7-11/h10-11,14-16,20,29-30H,3,6-9H2,1-2H3,(H,24,31)(H2,22,25,26)/t14?,15?,16-,20+/m0/s1. The van der Waals surface area contributed by atoms with E-state index in [9.17, 15) is 19.8 Å². The predicted molar refractivity (Wildman–Crippen MR) is 118 cm³/mol. The number of aromatic nitrogens is 4. The van der Waals surface area contributed by atoms with Crippen LogP contribution in [0.1, 0.15) is 38.2 Å². The summed E-state index contributed by atoms with van der Waals surface area (Å²) in [6.07, 6.45) is -1.84. The second kappa shape index (κ2) is 9.80. The Labute approximate surface area is 195 Å². The van der Waals surface area contributed by atoms with Crippen LogP contribution in [0, 0.1) is 11.8 Å². The fraction of sp³-hybridized carbons (Fsp3) is 0.571. The molecule has 2 aromatic rings. The van der Waals surface area contributed by atoms with E-state index in [-0.39, 0.29) is 35.4 Å². The minimum absolute atomic E-state index is 0.0579. The van der Waals surface area contributed by atoms with Gasteiger partial charge >= 0.3 is 6.09 Å². The second-order valence-corrected chi connectivity index (χ2v) is 8.16. The summed E-state index contributed by atoms with van der Waals surface area (Å²) in [5.74, 6) is 5.25. The number of nitrogen functional groups attached to an aromatic ring is 1. The lowest BCUT2D eigenvalue weighted by molar-refractivity contribution is -0.137. The van der Waals surface area contributed by atoms with Gasteiger partial charge in [-0.25, -0.2) is 19.7 Å². The van der Waals surface area contributed by atoms with Gasteiger partial charge in [0.1, 0.15) is 17.7 Å². The number of methoxy groups -OCH3 is 1. The first kappa shape index (κ1) is 23.7. The summed E-state index contributed by atoms with van der Waals surface area (Å²) < 4.78 is 11.8. The number of hydrogen-bond acceptors (Lipinski definition) is 10. The number of carbonyl (C=O) groups excluding carboxylic acids is 2. The zero-order chi connectivity index (χ0) is 24.4. The zero-order valence-corrected chi connectivity index (χ0v) is 18.8. The molecule has 2 aliphatic rings. The molecule has 1 saturated heterocycles. The fourth-order valence-electron chi connectivity index (χ4n) is 3.65. The highest BCUT2D eigenvalue weighted by Crippen LogP contribution is 2.33. The van der Waals surface area contributed by atoms with Crippen LogP contribution in [0.5, 0.6) is 0 Å². The molecule has 2 aromatic heterocycles. The highest BCUT2D eigenvalue weighted by atomic mass is 16.6. The van der Waals surface area contributed by atoms with Gasteiger partial charge in [0.25, 0.3) is 5.91 Å². The highest BCUT2D eigenvalue weighted by Gasteiger charge is 2.48. The molecular formula is C21H27N7O6. The van der Waals surface area contributed by atoms with Gasteiger partial charge in [0.05, 0.1) is 20.0 Å². The number of fused-ring (bicyclic) bond motifs is 1. The topological polar surface area (TPSA) is 178 Å². The Bertz CT molecular complexity index is 1140. The molecule has 4 rings (SSSR count). The molecule has 2 unspecified atom stereocenters. The summed E-state index contributed by atoms with van der Waals surface area (Å²) >= 11 is 0. The second-order valence-electron chi connectivity index (χ2n) is 8.16. The normalized spacial score (nSPS) is 23.9. The third kappa shape index (κ3) is 4.74. The van der Waals surface area contributed by atoms with Crippen LogP contribution in [-0.4, -0.2) is 91.2 Å². The van der Waals surface area contributed by atoms with Crippen LogP contribution >= 0.6 is 0 Å². The molecule has 1 aliphatic heterocycles. The SMILES string of the molecule is CCCN(CC#Cc1nc(N)c2ncn([C@@H]3O[C@H](C(=O)NC4CC4)C(O)C3O)c2n1)C(=O)OC. The molecule has 1 aliphatic carbocycles. The summed E-state index contributed by atoms with van der Waals surface area (Å²) in [5.41, 5.74) is 6.49. The van der Waals surface area contributed by atoms with E-state index >= 15 is 0 Å². The van der Waals surface area contributed by atoms with Crippen molar-refractivity contribution in [2.24, 2.45) is 0 Å². The minimum atomic E-state index is -1.43. The lowest BCUT2D eigenvalue weighted by Gasteiger charge is -2.17. The fourth-order valence-corrected chi connectivity index (χ4v) is 3.65. The monoisotopic (exact) mass is 473 g/mol. The highest BCUT2D eigenvalue weighted by molar-refractivity contribution is 5.83. The van der Waals surface area contributed by atoms with Gasteiger partial charge in [0.15, 0.2) is 23.8 Å². The Hall–Kier alpha value is -3.47. The lowest BCUT2D eigenvalue weighted by atomic mass is 10.1. The number of rotatable bonds is 6. The van der Waals surface area contributed by atoms with E-state index < -0.39 is 36.5 Å². The maximum atomic E-state index is 12.4. The summed E-state index contributed by atoms with van der Waals surface area (Å²) in [6, 6.07) is 0.0784. The number of nitrogens with one attached hydrogen (secondary N) is 1. The molecular weight excluding hydrogens is 446 g/mol. The lowest BCUT2D eigenvalue weighted by Crippen LogP contribution is -2.43. The summed E-state index contributed by atoms with van der Waals surface area (Å²) in [5, 5.41) is 23.7. The van der Waals surface area contributed by atoms with E-state index in [1.165, 1.54) is 22.9 Å². The number of imidazole rings is 1. The number of nitrogens with zero attached hydrogens (tertiary/aromatic N) is 5. The van der Waals surface area contributed by atoms with E-state index in [0.29, 0.717) is 6.54 Å². The first-order chi connectivity index (χ1) is 16.3. The number of hydrogen-bond donors (Lipinski definition) is 4. The Balaban J connectivity index is 1.57. The molecule has 0 spiro atoms. The van der Waals surface area contributed by atoms with Crippen molar-refractivity contribution < 1.29 is 29.3 Å². The Morgan fingerprint density at radius 2 is 2.12 bits per heavy atom. The zero-order valence-electron chi connectivity index (χ0n) is 18.8. The van der Waals surface area contributed by atoms with Gasteiger partial charge in [0, 0.05) is 12.6 Å². The van der Waals surface area contributed by atoms with Gasteiger partial charge in [0.2, 0.25) is 5.82 Å². The van der Waals surface area contributed by atoms with Gasteiger partial charge in [-0.05, 0) is 25.2 Å². The third-order valence-corrected chi connectivity index (χ3v) is 5.54. The van der Waals surface area contributed by atoms with Crippen molar-refractivity contribution >= 4 is 29.0 Å². The van der Waals surface area contributed by atoms with Crippen LogP contribution in [0.2, 0.25) is 0 Å². The number of anilines is 1. The van der Waals surface area contributed by atoms with E-state index in [0.717, 1.165) is 19.3 Å². The largest absolute Gasteiger partial charge is 0.453 e. The van der Waals surface area contributed by atoms with Crippen molar-refractivity contribution in [2.75, 3.05) is 25.9 Å². The van der Waals surface area contributed by atoms with Crippen molar-refractivity contribution in [3.8, 4) is 11.8 Å². The van der Waals surface area contributed by atoms with Crippen molar-refractivity contribution in [1.82, 2.24) is 29.7 Å². The van der Waals surface area contributed by atoms with E-state index in [4.69, 9.17) is 15.2 Å². The molecule has 13 heteroatoms. The van der Waals surface area contributed by atoms with Crippen molar-refractivity contribution in [3.05, 3.63) is 12.2 Å². The van der Waals surface area contributed by atoms with Gasteiger partial charge in [-0.15, -0.1) is 0 Å². The first-order valence-electron chi connectivity index (χ1n) is 11.0. The molecule has 2 amide bonds. The average Bonchev–Trinajstić information content (AvgIpc) is 3.45. The van der Waals surface area contributed by atoms with E-state index in [1.54, 1.807) is 0 Å². The first-order valence-corrected chi connectivity index (χ1v) is 11.0. The molecule has 182 valence electrons. The smallest absolute Gasteiger partial charge is 0.410 e. The molecule has 1 saturated carbocycles. The Morgan fingerprint density at radius 1 is 1.35 bits per heavy atom.